The number of halogens is 1. The van der Waals surface area contributed by atoms with Crippen LogP contribution in [0.15, 0.2) is 24.3 Å². The first-order valence-electron chi connectivity index (χ1n) is 9.14. The molecule has 2 amide bonds. The summed E-state index contributed by atoms with van der Waals surface area (Å²) in [5.41, 5.74) is 0.114. The van der Waals surface area contributed by atoms with Crippen molar-refractivity contribution >= 4 is 11.8 Å². The van der Waals surface area contributed by atoms with Crippen molar-refractivity contribution in [2.45, 2.75) is 44.7 Å². The van der Waals surface area contributed by atoms with E-state index in [4.69, 9.17) is 0 Å². The van der Waals surface area contributed by atoms with Crippen molar-refractivity contribution in [1.29, 1.82) is 0 Å². The van der Waals surface area contributed by atoms with Gasteiger partial charge in [-0.25, -0.2) is 4.39 Å². The topological polar surface area (TPSA) is 52.7 Å². The summed E-state index contributed by atoms with van der Waals surface area (Å²) in [6, 6.07) is 6.18. The molecule has 6 heteroatoms. The van der Waals surface area contributed by atoms with Gasteiger partial charge < -0.3 is 10.2 Å². The van der Waals surface area contributed by atoms with Crippen LogP contribution in [0.2, 0.25) is 0 Å². The molecule has 1 unspecified atom stereocenters. The Hall–Kier alpha value is -1.95. The zero-order chi connectivity index (χ0) is 17.8. The van der Waals surface area contributed by atoms with Crippen molar-refractivity contribution in [3.05, 3.63) is 35.6 Å². The number of rotatable bonds is 4. The molecule has 5 nitrogen and oxygen atoms in total. The van der Waals surface area contributed by atoms with Gasteiger partial charge >= 0.3 is 0 Å². The maximum atomic E-state index is 13.8. The van der Waals surface area contributed by atoms with Crippen LogP contribution in [0.3, 0.4) is 0 Å². The minimum atomic E-state index is -0.487. The van der Waals surface area contributed by atoms with Crippen molar-refractivity contribution < 1.29 is 14.0 Å². The SMILES string of the molecule is CC(C(=O)NC1CCCC1)N1CCN(C(=O)c2ccccc2F)CC1. The van der Waals surface area contributed by atoms with Gasteiger partial charge in [0.05, 0.1) is 11.6 Å². The first-order valence-corrected chi connectivity index (χ1v) is 9.14. The van der Waals surface area contributed by atoms with E-state index in [-0.39, 0.29) is 23.4 Å². The maximum absolute atomic E-state index is 13.8. The number of piperazine rings is 1. The fourth-order valence-electron chi connectivity index (χ4n) is 3.68. The molecule has 1 aromatic carbocycles. The average molecular weight is 347 g/mol. The summed E-state index contributed by atoms with van der Waals surface area (Å²) in [4.78, 5) is 28.6. The molecule has 0 bridgehead atoms. The molecule has 2 aliphatic rings. The monoisotopic (exact) mass is 347 g/mol. The molecule has 0 spiro atoms. The van der Waals surface area contributed by atoms with Gasteiger partial charge in [-0.15, -0.1) is 0 Å². The first kappa shape index (κ1) is 17.9. The number of carbonyl (C=O) groups excluding carboxylic acids is 2. The van der Waals surface area contributed by atoms with Crippen LogP contribution >= 0.6 is 0 Å². The van der Waals surface area contributed by atoms with Crippen LogP contribution in [-0.2, 0) is 4.79 Å². The molecule has 25 heavy (non-hydrogen) atoms. The number of nitrogens with zero attached hydrogens (tertiary/aromatic N) is 2. The molecule has 1 saturated carbocycles. The summed E-state index contributed by atoms with van der Waals surface area (Å²) in [6.07, 6.45) is 4.53. The summed E-state index contributed by atoms with van der Waals surface area (Å²) in [5, 5.41) is 3.13. The summed E-state index contributed by atoms with van der Waals surface area (Å²) >= 11 is 0. The maximum Gasteiger partial charge on any atom is 0.256 e. The molecular formula is C19H26FN3O2. The van der Waals surface area contributed by atoms with E-state index < -0.39 is 5.82 Å². The van der Waals surface area contributed by atoms with Gasteiger partial charge in [-0.1, -0.05) is 25.0 Å². The molecule has 1 saturated heterocycles. The molecule has 1 atom stereocenters. The normalized spacial score (nSPS) is 20.5. The van der Waals surface area contributed by atoms with Crippen LogP contribution < -0.4 is 5.32 Å². The molecule has 2 fully saturated rings. The Labute approximate surface area is 148 Å². The van der Waals surface area contributed by atoms with Crippen LogP contribution in [0.5, 0.6) is 0 Å². The van der Waals surface area contributed by atoms with Crippen molar-refractivity contribution in [2.24, 2.45) is 0 Å². The number of benzene rings is 1. The molecule has 136 valence electrons. The van der Waals surface area contributed by atoms with E-state index in [0.717, 1.165) is 12.8 Å². The van der Waals surface area contributed by atoms with Crippen LogP contribution in [0.4, 0.5) is 4.39 Å². The number of carbonyl (C=O) groups is 2. The highest BCUT2D eigenvalue weighted by Gasteiger charge is 2.29. The highest BCUT2D eigenvalue weighted by molar-refractivity contribution is 5.94. The van der Waals surface area contributed by atoms with Crippen molar-refractivity contribution in [3.63, 3.8) is 0 Å². The van der Waals surface area contributed by atoms with Crippen molar-refractivity contribution in [1.82, 2.24) is 15.1 Å². The Morgan fingerprint density at radius 2 is 1.76 bits per heavy atom. The predicted molar refractivity (Wildman–Crippen MR) is 93.7 cm³/mol. The molecular weight excluding hydrogens is 321 g/mol. The van der Waals surface area contributed by atoms with E-state index in [9.17, 15) is 14.0 Å². The average Bonchev–Trinajstić information content (AvgIpc) is 3.14. The van der Waals surface area contributed by atoms with Gasteiger partial charge in [0, 0.05) is 32.2 Å². The number of nitrogens with one attached hydrogen (secondary N) is 1. The fourth-order valence-corrected chi connectivity index (χ4v) is 3.68. The smallest absolute Gasteiger partial charge is 0.256 e. The van der Waals surface area contributed by atoms with Crippen LogP contribution in [0, 0.1) is 5.82 Å². The summed E-state index contributed by atoms with van der Waals surface area (Å²) < 4.78 is 13.8. The van der Waals surface area contributed by atoms with E-state index >= 15 is 0 Å². The standard InChI is InChI=1S/C19H26FN3O2/c1-14(18(24)21-15-6-2-3-7-15)22-10-12-23(13-11-22)19(25)16-8-4-5-9-17(16)20/h4-5,8-9,14-15H,2-3,6-7,10-13H2,1H3,(H,21,24). The van der Waals surface area contributed by atoms with Gasteiger partial charge in [0.15, 0.2) is 0 Å². The summed E-state index contributed by atoms with van der Waals surface area (Å²) in [5.74, 6) is -0.694. The van der Waals surface area contributed by atoms with E-state index in [1.807, 2.05) is 6.92 Å². The van der Waals surface area contributed by atoms with Gasteiger partial charge in [-0.2, -0.15) is 0 Å². The second-order valence-corrected chi connectivity index (χ2v) is 6.97. The largest absolute Gasteiger partial charge is 0.352 e. The van der Waals surface area contributed by atoms with Crippen LogP contribution in [0.25, 0.3) is 0 Å². The Morgan fingerprint density at radius 3 is 2.40 bits per heavy atom. The van der Waals surface area contributed by atoms with Crippen molar-refractivity contribution in [2.75, 3.05) is 26.2 Å². The second-order valence-electron chi connectivity index (χ2n) is 6.97. The van der Waals surface area contributed by atoms with Crippen molar-refractivity contribution in [3.8, 4) is 0 Å². The van der Waals surface area contributed by atoms with Gasteiger partial charge in [-0.3, -0.25) is 14.5 Å². The van der Waals surface area contributed by atoms with Gasteiger partial charge in [0.1, 0.15) is 5.82 Å². The molecule has 3 rings (SSSR count). The quantitative estimate of drug-likeness (QED) is 0.907. The number of amides is 2. The molecule has 0 aromatic heterocycles. The molecule has 1 aromatic rings. The van der Waals surface area contributed by atoms with E-state index in [1.54, 1.807) is 17.0 Å². The number of hydrogen-bond acceptors (Lipinski definition) is 3. The molecule has 1 aliphatic carbocycles. The molecule has 1 N–H and O–H groups in total. The van der Waals surface area contributed by atoms with Gasteiger partial charge in [-0.05, 0) is 31.9 Å². The second kappa shape index (κ2) is 7.95. The Balaban J connectivity index is 1.51. The van der Waals surface area contributed by atoms with E-state index in [2.05, 4.69) is 10.2 Å². The molecule has 1 heterocycles. The predicted octanol–water partition coefficient (Wildman–Crippen LogP) is 2.03. The zero-order valence-electron chi connectivity index (χ0n) is 14.7. The highest BCUT2D eigenvalue weighted by atomic mass is 19.1. The Kier molecular flexibility index (Phi) is 5.68. The molecule has 1 aliphatic heterocycles. The Bertz CT molecular complexity index is 623. The van der Waals surface area contributed by atoms with E-state index in [0.29, 0.717) is 32.2 Å². The third-order valence-corrected chi connectivity index (χ3v) is 5.33. The number of hydrogen-bond donors (Lipinski definition) is 1. The lowest BCUT2D eigenvalue weighted by Gasteiger charge is -2.37. The summed E-state index contributed by atoms with van der Waals surface area (Å²) in [6.45, 7) is 4.18. The zero-order valence-corrected chi connectivity index (χ0v) is 14.7. The van der Waals surface area contributed by atoms with Gasteiger partial charge in [0.25, 0.3) is 5.91 Å². The molecule has 0 radical (unpaired) electrons. The van der Waals surface area contributed by atoms with Gasteiger partial charge in [0.2, 0.25) is 5.91 Å². The third kappa shape index (κ3) is 4.18. The van der Waals surface area contributed by atoms with E-state index in [1.165, 1.54) is 25.0 Å². The van der Waals surface area contributed by atoms with Crippen LogP contribution in [0.1, 0.15) is 43.0 Å². The lowest BCUT2D eigenvalue weighted by Crippen LogP contribution is -2.55. The lowest BCUT2D eigenvalue weighted by atomic mass is 10.1. The van der Waals surface area contributed by atoms with Crippen LogP contribution in [-0.4, -0.2) is 59.9 Å². The summed E-state index contributed by atoms with van der Waals surface area (Å²) in [7, 11) is 0. The Morgan fingerprint density at radius 1 is 1.12 bits per heavy atom. The lowest BCUT2D eigenvalue weighted by molar-refractivity contribution is -0.127. The third-order valence-electron chi connectivity index (χ3n) is 5.33. The first-order chi connectivity index (χ1) is 12.1. The highest BCUT2D eigenvalue weighted by Crippen LogP contribution is 2.18. The minimum Gasteiger partial charge on any atom is -0.352 e. The minimum absolute atomic E-state index is 0.0702. The fraction of sp³-hybridized carbons (Fsp3) is 0.579.